The second-order valence-corrected chi connectivity index (χ2v) is 3.68. The fourth-order valence-corrected chi connectivity index (χ4v) is 1.40. The molecule has 0 aliphatic heterocycles. The van der Waals surface area contributed by atoms with Crippen molar-refractivity contribution in [3.8, 4) is 29.9 Å². The van der Waals surface area contributed by atoms with E-state index in [-0.39, 0.29) is 6.61 Å². The highest BCUT2D eigenvalue weighted by molar-refractivity contribution is 6.30. The van der Waals surface area contributed by atoms with Gasteiger partial charge in [0.25, 0.3) is 0 Å². The molecule has 0 aliphatic carbocycles. The summed E-state index contributed by atoms with van der Waals surface area (Å²) < 4.78 is 10.7. The van der Waals surface area contributed by atoms with Gasteiger partial charge in [0.1, 0.15) is 12.1 Å². The second kappa shape index (κ2) is 5.89. The van der Waals surface area contributed by atoms with Gasteiger partial charge in [-0.15, -0.1) is 6.42 Å². The summed E-state index contributed by atoms with van der Waals surface area (Å²) in [6.07, 6.45) is 6.43. The van der Waals surface area contributed by atoms with E-state index in [0.717, 1.165) is 0 Å². The summed E-state index contributed by atoms with van der Waals surface area (Å²) in [5.74, 6) is 3.66. The quantitative estimate of drug-likeness (QED) is 0.793. The van der Waals surface area contributed by atoms with Gasteiger partial charge in [0.05, 0.1) is 6.07 Å². The molecule has 0 N–H and O–H groups in total. The minimum atomic E-state index is 0.146. The summed E-state index contributed by atoms with van der Waals surface area (Å²) in [5, 5.41) is 0.588. The van der Waals surface area contributed by atoms with Crippen LogP contribution < -0.4 is 9.47 Å². The van der Waals surface area contributed by atoms with Gasteiger partial charge in [0, 0.05) is 5.02 Å². The Morgan fingerprint density at radius 3 is 2.83 bits per heavy atom. The van der Waals surface area contributed by atoms with Gasteiger partial charge in [-0.1, -0.05) is 23.6 Å². The molecule has 0 saturated carbocycles. The van der Waals surface area contributed by atoms with Crippen LogP contribution in [0.1, 0.15) is 0 Å². The zero-order valence-corrected chi connectivity index (χ0v) is 10.1. The minimum absolute atomic E-state index is 0.146. The van der Waals surface area contributed by atoms with E-state index < -0.39 is 0 Å². The highest BCUT2D eigenvalue weighted by atomic mass is 35.5. The maximum atomic E-state index is 5.85. The fraction of sp³-hybridized carbons (Fsp3) is 0.0769. The van der Waals surface area contributed by atoms with Crippen LogP contribution in [0.25, 0.3) is 0 Å². The van der Waals surface area contributed by atoms with Gasteiger partial charge in [-0.3, -0.25) is 0 Å². The summed E-state index contributed by atoms with van der Waals surface area (Å²) in [5.41, 5.74) is 0. The number of nitrogens with zero attached hydrogens (tertiary/aromatic N) is 2. The predicted octanol–water partition coefficient (Wildman–Crippen LogP) is 2.93. The molecule has 5 heteroatoms. The molecule has 0 atom stereocenters. The third-order valence-corrected chi connectivity index (χ3v) is 2.17. The molecule has 1 aromatic carbocycles. The molecule has 0 amide bonds. The first-order valence-electron chi connectivity index (χ1n) is 5.09. The normalized spacial score (nSPS) is 9.56. The monoisotopic (exact) mass is 260 g/mol. The first-order valence-corrected chi connectivity index (χ1v) is 5.47. The second-order valence-electron chi connectivity index (χ2n) is 3.25. The third kappa shape index (κ3) is 3.37. The van der Waals surface area contributed by atoms with E-state index in [4.69, 9.17) is 27.5 Å². The number of hydrogen-bond acceptors (Lipinski definition) is 4. The first-order chi connectivity index (χ1) is 8.78. The predicted molar refractivity (Wildman–Crippen MR) is 67.9 cm³/mol. The smallest absolute Gasteiger partial charge is 0.226 e. The van der Waals surface area contributed by atoms with Crippen molar-refractivity contribution in [3.05, 3.63) is 41.7 Å². The van der Waals surface area contributed by atoms with Crippen molar-refractivity contribution >= 4 is 11.6 Å². The summed E-state index contributed by atoms with van der Waals surface area (Å²) in [6.45, 7) is 0.146. The number of halogens is 1. The van der Waals surface area contributed by atoms with Crippen molar-refractivity contribution in [1.29, 1.82) is 0 Å². The molecule has 0 fully saturated rings. The lowest BCUT2D eigenvalue weighted by Gasteiger charge is -2.06. The molecule has 18 heavy (non-hydrogen) atoms. The number of ether oxygens (including phenoxy) is 2. The molecule has 0 bridgehead atoms. The van der Waals surface area contributed by atoms with Crippen molar-refractivity contribution in [3.63, 3.8) is 0 Å². The largest absolute Gasteiger partial charge is 0.464 e. The Morgan fingerprint density at radius 1 is 1.22 bits per heavy atom. The van der Waals surface area contributed by atoms with Gasteiger partial charge in [-0.2, -0.15) is 0 Å². The van der Waals surface area contributed by atoms with Crippen LogP contribution in [0.5, 0.6) is 17.5 Å². The number of hydrogen-bond donors (Lipinski definition) is 0. The molecule has 0 saturated heterocycles. The van der Waals surface area contributed by atoms with Crippen molar-refractivity contribution in [1.82, 2.24) is 9.97 Å². The lowest BCUT2D eigenvalue weighted by Crippen LogP contribution is -1.97. The first kappa shape index (κ1) is 12.2. The fourth-order valence-electron chi connectivity index (χ4n) is 1.22. The Kier molecular flexibility index (Phi) is 4.00. The van der Waals surface area contributed by atoms with Gasteiger partial charge >= 0.3 is 0 Å². The zero-order valence-electron chi connectivity index (χ0n) is 9.34. The molecule has 2 aromatic rings. The Morgan fingerprint density at radius 2 is 2.06 bits per heavy atom. The van der Waals surface area contributed by atoms with E-state index >= 15 is 0 Å². The zero-order chi connectivity index (χ0) is 12.8. The van der Waals surface area contributed by atoms with Crippen molar-refractivity contribution in [2.75, 3.05) is 6.61 Å². The van der Waals surface area contributed by atoms with Crippen LogP contribution in [-0.4, -0.2) is 16.6 Å². The van der Waals surface area contributed by atoms with Gasteiger partial charge in [0.2, 0.25) is 11.8 Å². The molecule has 1 heterocycles. The molecule has 2 rings (SSSR count). The average molecular weight is 261 g/mol. The van der Waals surface area contributed by atoms with E-state index in [2.05, 4.69) is 15.9 Å². The minimum Gasteiger partial charge on any atom is -0.464 e. The highest BCUT2D eigenvalue weighted by Crippen LogP contribution is 2.23. The van der Waals surface area contributed by atoms with Gasteiger partial charge in [-0.05, 0) is 18.2 Å². The Balaban J connectivity index is 2.12. The maximum absolute atomic E-state index is 5.85. The Bertz CT molecular complexity index is 581. The van der Waals surface area contributed by atoms with E-state index in [1.807, 2.05) is 0 Å². The SMILES string of the molecule is C#CCOc1cc(Oc2cccc(Cl)c2)ncn1. The Hall–Kier alpha value is -2.25. The molecule has 0 spiro atoms. The molecular weight excluding hydrogens is 252 g/mol. The van der Waals surface area contributed by atoms with Crippen LogP contribution in [0.3, 0.4) is 0 Å². The lowest BCUT2D eigenvalue weighted by molar-refractivity contribution is 0.350. The number of aromatic nitrogens is 2. The maximum Gasteiger partial charge on any atom is 0.226 e. The van der Waals surface area contributed by atoms with E-state index in [9.17, 15) is 0 Å². The molecule has 90 valence electrons. The van der Waals surface area contributed by atoms with E-state index in [0.29, 0.717) is 22.5 Å². The third-order valence-electron chi connectivity index (χ3n) is 1.94. The topological polar surface area (TPSA) is 44.2 Å². The van der Waals surface area contributed by atoms with Crippen LogP contribution in [0.2, 0.25) is 5.02 Å². The Labute approximate surface area is 110 Å². The standard InChI is InChI=1S/C13H9ClN2O2/c1-2-6-17-12-8-13(16-9-15-12)18-11-5-3-4-10(14)7-11/h1,3-5,7-9H,6H2. The van der Waals surface area contributed by atoms with Crippen LogP contribution in [0.4, 0.5) is 0 Å². The van der Waals surface area contributed by atoms with E-state index in [1.54, 1.807) is 30.3 Å². The van der Waals surface area contributed by atoms with Gasteiger partial charge in [-0.25, -0.2) is 9.97 Å². The molecule has 4 nitrogen and oxygen atoms in total. The summed E-state index contributed by atoms with van der Waals surface area (Å²) in [6, 6.07) is 8.56. The highest BCUT2D eigenvalue weighted by Gasteiger charge is 2.02. The van der Waals surface area contributed by atoms with E-state index in [1.165, 1.54) is 6.33 Å². The molecular formula is C13H9ClN2O2. The van der Waals surface area contributed by atoms with Crippen molar-refractivity contribution in [2.24, 2.45) is 0 Å². The number of benzene rings is 1. The van der Waals surface area contributed by atoms with Crippen LogP contribution >= 0.6 is 11.6 Å². The number of rotatable bonds is 4. The molecule has 1 aromatic heterocycles. The molecule has 0 unspecified atom stereocenters. The molecule has 0 aliphatic rings. The summed E-state index contributed by atoms with van der Waals surface area (Å²) in [7, 11) is 0. The van der Waals surface area contributed by atoms with Crippen LogP contribution in [0, 0.1) is 12.3 Å². The van der Waals surface area contributed by atoms with Crippen LogP contribution in [-0.2, 0) is 0 Å². The summed E-state index contributed by atoms with van der Waals surface area (Å²) in [4.78, 5) is 7.87. The van der Waals surface area contributed by atoms with Gasteiger partial charge in [0.15, 0.2) is 6.61 Å². The van der Waals surface area contributed by atoms with Gasteiger partial charge < -0.3 is 9.47 Å². The molecule has 0 radical (unpaired) electrons. The average Bonchev–Trinajstić information content (AvgIpc) is 2.37. The van der Waals surface area contributed by atoms with Crippen molar-refractivity contribution < 1.29 is 9.47 Å². The summed E-state index contributed by atoms with van der Waals surface area (Å²) >= 11 is 5.85. The van der Waals surface area contributed by atoms with Crippen LogP contribution in [0.15, 0.2) is 36.7 Å². The van der Waals surface area contributed by atoms with Crippen molar-refractivity contribution in [2.45, 2.75) is 0 Å². The number of terminal acetylenes is 1. The lowest BCUT2D eigenvalue weighted by atomic mass is 10.3.